The highest BCUT2D eigenvalue weighted by atomic mass is 16.2. The number of hydrogen-bond donors (Lipinski definition) is 0. The standard InChI is InChI=1S/C23H23N5O/c24-15-19-6-8-20(9-7-19)17-26-10-12-27(13-11-26)23(29)14-21-16-25-28(18-21)22-4-2-1-3-5-22/h1-9,16,18H,10-14,17H2. The van der Waals surface area contributed by atoms with Crippen molar-refractivity contribution in [2.45, 2.75) is 13.0 Å². The zero-order valence-corrected chi connectivity index (χ0v) is 16.2. The number of nitriles is 1. The highest BCUT2D eigenvalue weighted by Gasteiger charge is 2.21. The fourth-order valence-electron chi connectivity index (χ4n) is 3.56. The Hall–Kier alpha value is -3.43. The van der Waals surface area contributed by atoms with Gasteiger partial charge in [-0.3, -0.25) is 9.69 Å². The number of carbonyl (C=O) groups excluding carboxylic acids is 1. The lowest BCUT2D eigenvalue weighted by Gasteiger charge is -2.34. The summed E-state index contributed by atoms with van der Waals surface area (Å²) >= 11 is 0. The highest BCUT2D eigenvalue weighted by molar-refractivity contribution is 5.78. The van der Waals surface area contributed by atoms with Gasteiger partial charge in [0.2, 0.25) is 5.91 Å². The van der Waals surface area contributed by atoms with E-state index in [1.807, 2.05) is 65.7 Å². The highest BCUT2D eigenvalue weighted by Crippen LogP contribution is 2.12. The Labute approximate surface area is 170 Å². The molecule has 0 bridgehead atoms. The van der Waals surface area contributed by atoms with Crippen molar-refractivity contribution in [3.63, 3.8) is 0 Å². The van der Waals surface area contributed by atoms with Crippen LogP contribution in [0, 0.1) is 11.3 Å². The third-order valence-electron chi connectivity index (χ3n) is 5.23. The molecule has 1 amide bonds. The summed E-state index contributed by atoms with van der Waals surface area (Å²) in [6.45, 7) is 4.03. The zero-order valence-electron chi connectivity index (χ0n) is 16.2. The number of piperazine rings is 1. The van der Waals surface area contributed by atoms with Crippen LogP contribution in [0.1, 0.15) is 16.7 Å². The van der Waals surface area contributed by atoms with E-state index < -0.39 is 0 Å². The summed E-state index contributed by atoms with van der Waals surface area (Å²) in [6, 6.07) is 19.7. The second-order valence-electron chi connectivity index (χ2n) is 7.27. The third-order valence-corrected chi connectivity index (χ3v) is 5.23. The first-order chi connectivity index (χ1) is 14.2. The van der Waals surface area contributed by atoms with Crippen LogP contribution in [0.25, 0.3) is 5.69 Å². The minimum Gasteiger partial charge on any atom is -0.340 e. The average Bonchev–Trinajstić information content (AvgIpc) is 3.24. The Morgan fingerprint density at radius 2 is 1.69 bits per heavy atom. The van der Waals surface area contributed by atoms with E-state index in [9.17, 15) is 4.79 Å². The molecule has 0 aliphatic carbocycles. The second kappa shape index (κ2) is 8.72. The predicted molar refractivity (Wildman–Crippen MR) is 110 cm³/mol. The topological polar surface area (TPSA) is 65.2 Å². The maximum atomic E-state index is 12.7. The van der Waals surface area contributed by atoms with Crippen molar-refractivity contribution in [2.75, 3.05) is 26.2 Å². The fourth-order valence-corrected chi connectivity index (χ4v) is 3.56. The van der Waals surface area contributed by atoms with E-state index in [0.717, 1.165) is 44.0 Å². The molecule has 0 atom stereocenters. The van der Waals surface area contributed by atoms with Crippen LogP contribution in [-0.4, -0.2) is 51.7 Å². The Kier molecular flexibility index (Phi) is 5.68. The van der Waals surface area contributed by atoms with Gasteiger partial charge in [-0.25, -0.2) is 4.68 Å². The molecule has 0 unspecified atom stereocenters. The monoisotopic (exact) mass is 385 g/mol. The maximum absolute atomic E-state index is 12.7. The zero-order chi connectivity index (χ0) is 20.1. The molecule has 146 valence electrons. The van der Waals surface area contributed by atoms with Gasteiger partial charge in [0.05, 0.1) is 29.9 Å². The number of benzene rings is 2. The van der Waals surface area contributed by atoms with Gasteiger partial charge in [-0.1, -0.05) is 30.3 Å². The van der Waals surface area contributed by atoms with Gasteiger partial charge in [-0.05, 0) is 35.4 Å². The molecule has 0 N–H and O–H groups in total. The quantitative estimate of drug-likeness (QED) is 0.677. The van der Waals surface area contributed by atoms with Gasteiger partial charge >= 0.3 is 0 Å². The molecule has 0 spiro atoms. The molecule has 0 saturated carbocycles. The summed E-state index contributed by atoms with van der Waals surface area (Å²) in [5.41, 5.74) is 3.79. The van der Waals surface area contributed by atoms with Crippen molar-refractivity contribution >= 4 is 5.91 Å². The molecule has 2 aromatic carbocycles. The van der Waals surface area contributed by atoms with Crippen molar-refractivity contribution in [2.24, 2.45) is 0 Å². The van der Waals surface area contributed by atoms with Gasteiger partial charge in [0.1, 0.15) is 0 Å². The minimum absolute atomic E-state index is 0.149. The molecule has 1 saturated heterocycles. The van der Waals surface area contributed by atoms with Crippen molar-refractivity contribution < 1.29 is 4.79 Å². The lowest BCUT2D eigenvalue weighted by atomic mass is 10.1. The van der Waals surface area contributed by atoms with Crippen LogP contribution in [0.4, 0.5) is 0 Å². The van der Waals surface area contributed by atoms with Crippen LogP contribution >= 0.6 is 0 Å². The molecule has 1 aliphatic rings. The molecule has 29 heavy (non-hydrogen) atoms. The average molecular weight is 385 g/mol. The normalized spacial score (nSPS) is 14.5. The lowest BCUT2D eigenvalue weighted by molar-refractivity contribution is -0.132. The number of rotatable bonds is 5. The summed E-state index contributed by atoms with van der Waals surface area (Å²) in [4.78, 5) is 17.0. The van der Waals surface area contributed by atoms with Gasteiger partial charge < -0.3 is 4.90 Å². The first kappa shape index (κ1) is 18.9. The van der Waals surface area contributed by atoms with E-state index in [1.165, 1.54) is 5.56 Å². The van der Waals surface area contributed by atoms with E-state index in [-0.39, 0.29) is 5.91 Å². The molecule has 6 heteroatoms. The number of nitrogens with zero attached hydrogens (tertiary/aromatic N) is 5. The Morgan fingerprint density at radius 1 is 0.966 bits per heavy atom. The van der Waals surface area contributed by atoms with Crippen molar-refractivity contribution in [1.29, 1.82) is 5.26 Å². The fraction of sp³-hybridized carbons (Fsp3) is 0.261. The van der Waals surface area contributed by atoms with Crippen LogP contribution in [-0.2, 0) is 17.8 Å². The summed E-state index contributed by atoms with van der Waals surface area (Å²) in [5.74, 6) is 0.149. The number of hydrogen-bond acceptors (Lipinski definition) is 4. The summed E-state index contributed by atoms with van der Waals surface area (Å²) in [5, 5.41) is 13.3. The Bertz CT molecular complexity index is 996. The third kappa shape index (κ3) is 4.71. The van der Waals surface area contributed by atoms with Crippen molar-refractivity contribution in [3.8, 4) is 11.8 Å². The van der Waals surface area contributed by atoms with E-state index in [2.05, 4.69) is 16.1 Å². The first-order valence-electron chi connectivity index (χ1n) is 9.79. The SMILES string of the molecule is N#Cc1ccc(CN2CCN(C(=O)Cc3cnn(-c4ccccc4)c3)CC2)cc1. The number of para-hydroxylation sites is 1. The molecule has 4 rings (SSSR count). The minimum atomic E-state index is 0.149. The Balaban J connectivity index is 1.28. The summed E-state index contributed by atoms with van der Waals surface area (Å²) in [6.07, 6.45) is 4.07. The van der Waals surface area contributed by atoms with Gasteiger partial charge in [0, 0.05) is 38.9 Å². The van der Waals surface area contributed by atoms with E-state index in [1.54, 1.807) is 10.9 Å². The van der Waals surface area contributed by atoms with Gasteiger partial charge in [0.15, 0.2) is 0 Å². The smallest absolute Gasteiger partial charge is 0.227 e. The molecular formula is C23H23N5O. The van der Waals surface area contributed by atoms with Crippen LogP contribution in [0.15, 0.2) is 67.0 Å². The van der Waals surface area contributed by atoms with E-state index in [0.29, 0.717) is 12.0 Å². The molecule has 0 radical (unpaired) electrons. The molecule has 2 heterocycles. The summed E-state index contributed by atoms with van der Waals surface area (Å²) in [7, 11) is 0. The Morgan fingerprint density at radius 3 is 2.38 bits per heavy atom. The predicted octanol–water partition coefficient (Wildman–Crippen LogP) is 2.63. The van der Waals surface area contributed by atoms with Crippen molar-refractivity contribution in [1.82, 2.24) is 19.6 Å². The van der Waals surface area contributed by atoms with Gasteiger partial charge in [-0.15, -0.1) is 0 Å². The molecule has 1 fully saturated rings. The molecule has 1 aliphatic heterocycles. The van der Waals surface area contributed by atoms with Crippen LogP contribution < -0.4 is 0 Å². The van der Waals surface area contributed by atoms with Gasteiger partial charge in [-0.2, -0.15) is 10.4 Å². The molecule has 3 aromatic rings. The number of carbonyl (C=O) groups is 1. The van der Waals surface area contributed by atoms with Crippen LogP contribution in [0.2, 0.25) is 0 Å². The van der Waals surface area contributed by atoms with E-state index in [4.69, 9.17) is 5.26 Å². The summed E-state index contributed by atoms with van der Waals surface area (Å²) < 4.78 is 1.80. The molecule has 6 nitrogen and oxygen atoms in total. The molecular weight excluding hydrogens is 362 g/mol. The van der Waals surface area contributed by atoms with Crippen LogP contribution in [0.3, 0.4) is 0 Å². The number of aromatic nitrogens is 2. The van der Waals surface area contributed by atoms with Crippen LogP contribution in [0.5, 0.6) is 0 Å². The lowest BCUT2D eigenvalue weighted by Crippen LogP contribution is -2.48. The van der Waals surface area contributed by atoms with Crippen molar-refractivity contribution in [3.05, 3.63) is 83.7 Å². The first-order valence-corrected chi connectivity index (χ1v) is 9.79. The second-order valence-corrected chi connectivity index (χ2v) is 7.27. The van der Waals surface area contributed by atoms with E-state index >= 15 is 0 Å². The maximum Gasteiger partial charge on any atom is 0.227 e. The number of amides is 1. The molecule has 1 aromatic heterocycles. The van der Waals surface area contributed by atoms with Gasteiger partial charge in [0.25, 0.3) is 0 Å². The largest absolute Gasteiger partial charge is 0.340 e.